The maximum absolute atomic E-state index is 9.69. The number of thiol groups is 1. The maximum atomic E-state index is 9.69. The van der Waals surface area contributed by atoms with Crippen LogP contribution in [0.15, 0.2) is 0 Å². The number of hydrogen-bond donors (Lipinski definition) is 1. The molecule has 3 nitrogen and oxygen atoms in total. The van der Waals surface area contributed by atoms with E-state index in [1.165, 1.54) is 0 Å². The summed E-state index contributed by atoms with van der Waals surface area (Å²) < 4.78 is 23.6. The molecule has 0 heterocycles. The van der Waals surface area contributed by atoms with Crippen LogP contribution in [-0.2, 0) is 15.2 Å². The van der Waals surface area contributed by atoms with Gasteiger partial charge in [-0.3, -0.25) is 4.18 Å². The van der Waals surface area contributed by atoms with Gasteiger partial charge in [-0.2, -0.15) is 0 Å². The number of unbranched alkanes of at least 4 members (excludes halogenated alkanes) is 1. The monoisotopic (exact) mass is 162 g/mol. The molecule has 0 fully saturated rings. The van der Waals surface area contributed by atoms with E-state index in [-0.39, 0.29) is 29.6 Å². The van der Waals surface area contributed by atoms with E-state index >= 15 is 0 Å². The van der Waals surface area contributed by atoms with Crippen molar-refractivity contribution in [2.75, 3.05) is 6.61 Å². The van der Waals surface area contributed by atoms with Crippen LogP contribution in [0.5, 0.6) is 0 Å². The molecule has 0 spiro atoms. The molecular formula is C4H11NaO3S. The van der Waals surface area contributed by atoms with Crippen LogP contribution in [-0.4, -0.2) is 44.6 Å². The van der Waals surface area contributed by atoms with Crippen molar-refractivity contribution in [2.45, 2.75) is 19.8 Å². The van der Waals surface area contributed by atoms with Gasteiger partial charge in [-0.15, -0.1) is 0 Å². The summed E-state index contributed by atoms with van der Waals surface area (Å²) in [7, 11) is -2.61. The Hall–Kier alpha value is 0.910. The van der Waals surface area contributed by atoms with E-state index < -0.39 is 11.0 Å². The fourth-order valence-electron chi connectivity index (χ4n) is 0.283. The van der Waals surface area contributed by atoms with Crippen molar-refractivity contribution in [3.63, 3.8) is 0 Å². The molecule has 0 saturated carbocycles. The molecule has 0 aliphatic rings. The Morgan fingerprint density at radius 1 is 1.44 bits per heavy atom. The van der Waals surface area contributed by atoms with Crippen LogP contribution >= 0.6 is 0 Å². The summed E-state index contributed by atoms with van der Waals surface area (Å²) in [5.41, 5.74) is 0. The average Bonchev–Trinajstić information content (AvgIpc) is 1.66. The van der Waals surface area contributed by atoms with Crippen molar-refractivity contribution < 1.29 is 12.6 Å². The second kappa shape index (κ2) is 8.91. The van der Waals surface area contributed by atoms with Crippen molar-refractivity contribution in [1.29, 1.82) is 0 Å². The molecular weight excluding hydrogens is 151 g/mol. The normalized spacial score (nSPS) is 9.11. The summed E-state index contributed by atoms with van der Waals surface area (Å²) in [5, 5.41) is 0. The summed E-state index contributed by atoms with van der Waals surface area (Å²) in [6.07, 6.45) is 1.77. The third-order valence-corrected chi connectivity index (χ3v) is 1.09. The van der Waals surface area contributed by atoms with Gasteiger partial charge in [0, 0.05) is 0 Å². The molecule has 9 heavy (non-hydrogen) atoms. The second-order valence-electron chi connectivity index (χ2n) is 1.41. The van der Waals surface area contributed by atoms with Crippen LogP contribution < -0.4 is 0 Å². The predicted octanol–water partition coefficient (Wildman–Crippen LogP) is -0.319. The van der Waals surface area contributed by atoms with Crippen molar-refractivity contribution in [3.8, 4) is 0 Å². The zero-order valence-corrected chi connectivity index (χ0v) is 5.69. The molecule has 0 aliphatic heterocycles. The Balaban J connectivity index is 0. The number of rotatable bonds is 4. The molecule has 0 unspecified atom stereocenters. The fraction of sp³-hybridized carbons (Fsp3) is 1.00. The topological polar surface area (TPSA) is 43.4 Å². The average molecular weight is 162 g/mol. The zero-order chi connectivity index (χ0) is 6.41. The van der Waals surface area contributed by atoms with Crippen molar-refractivity contribution in [2.24, 2.45) is 0 Å². The van der Waals surface area contributed by atoms with Crippen LogP contribution in [0.25, 0.3) is 0 Å². The van der Waals surface area contributed by atoms with Crippen molar-refractivity contribution in [1.82, 2.24) is 0 Å². The molecule has 0 atom stereocenters. The van der Waals surface area contributed by atoms with Gasteiger partial charge in [0.1, 0.15) is 0 Å². The van der Waals surface area contributed by atoms with E-state index in [2.05, 4.69) is 4.18 Å². The molecule has 52 valence electrons. The first-order chi connectivity index (χ1) is 3.77. The standard InChI is InChI=1S/C4H10O3S.Na.H/c1-2-3-4-7-8(5)6;;/h8H,2-4H2,1H3;;. The van der Waals surface area contributed by atoms with E-state index in [0.717, 1.165) is 12.8 Å². The van der Waals surface area contributed by atoms with Gasteiger partial charge in [0.25, 0.3) is 11.0 Å². The molecule has 0 aromatic carbocycles. The third-order valence-electron chi connectivity index (χ3n) is 0.695. The SMILES string of the molecule is CCCCO[SH](=O)=O.[NaH]. The molecule has 0 aromatic heterocycles. The predicted molar refractivity (Wildman–Crippen MR) is 38.3 cm³/mol. The van der Waals surface area contributed by atoms with Gasteiger partial charge in [-0.1, -0.05) is 13.3 Å². The quantitative estimate of drug-likeness (QED) is 0.350. The zero-order valence-electron chi connectivity index (χ0n) is 4.79. The summed E-state index contributed by atoms with van der Waals surface area (Å²) in [4.78, 5) is 0. The van der Waals surface area contributed by atoms with Gasteiger partial charge in [-0.05, 0) is 6.42 Å². The van der Waals surface area contributed by atoms with E-state index in [0.29, 0.717) is 6.61 Å². The molecule has 0 bridgehead atoms. The van der Waals surface area contributed by atoms with Gasteiger partial charge in [-0.25, -0.2) is 8.42 Å². The molecule has 0 amide bonds. The Kier molecular flexibility index (Phi) is 12.4. The number of hydrogen-bond acceptors (Lipinski definition) is 3. The summed E-state index contributed by atoms with van der Waals surface area (Å²) in [6, 6.07) is 0. The first kappa shape index (κ1) is 12.6. The molecule has 5 heteroatoms. The minimum atomic E-state index is -2.61. The fourth-order valence-corrected chi connectivity index (χ4v) is 0.562. The van der Waals surface area contributed by atoms with Gasteiger partial charge in [0.15, 0.2) is 0 Å². The third kappa shape index (κ3) is 12.2. The van der Waals surface area contributed by atoms with Gasteiger partial charge < -0.3 is 0 Å². The molecule has 0 rings (SSSR count). The second-order valence-corrected chi connectivity index (χ2v) is 2.12. The van der Waals surface area contributed by atoms with Gasteiger partial charge >= 0.3 is 29.6 Å². The Labute approximate surface area is 79.2 Å². The van der Waals surface area contributed by atoms with Crippen LogP contribution in [0.1, 0.15) is 19.8 Å². The molecule has 0 saturated heterocycles. The summed E-state index contributed by atoms with van der Waals surface area (Å²) in [5.74, 6) is 0. The van der Waals surface area contributed by atoms with E-state index in [9.17, 15) is 8.42 Å². The van der Waals surface area contributed by atoms with E-state index in [1.54, 1.807) is 0 Å². The van der Waals surface area contributed by atoms with Crippen molar-refractivity contribution >= 4 is 40.5 Å². The first-order valence-electron chi connectivity index (χ1n) is 2.54. The minimum absolute atomic E-state index is 0. The summed E-state index contributed by atoms with van der Waals surface area (Å²) >= 11 is 0. The summed E-state index contributed by atoms with van der Waals surface area (Å²) in [6.45, 7) is 2.30. The van der Waals surface area contributed by atoms with Gasteiger partial charge in [0.05, 0.1) is 6.61 Å². The Morgan fingerprint density at radius 3 is 2.33 bits per heavy atom. The Bertz CT molecular complexity index is 104. The Morgan fingerprint density at radius 2 is 2.00 bits per heavy atom. The molecule has 0 aliphatic carbocycles. The van der Waals surface area contributed by atoms with Crippen LogP contribution in [0.4, 0.5) is 0 Å². The first-order valence-corrected chi connectivity index (χ1v) is 3.64. The van der Waals surface area contributed by atoms with Crippen LogP contribution in [0, 0.1) is 0 Å². The van der Waals surface area contributed by atoms with Crippen LogP contribution in [0.3, 0.4) is 0 Å². The van der Waals surface area contributed by atoms with Gasteiger partial charge in [0.2, 0.25) is 0 Å². The molecule has 0 radical (unpaired) electrons. The molecule has 0 N–H and O–H groups in total. The van der Waals surface area contributed by atoms with Crippen LogP contribution in [0.2, 0.25) is 0 Å². The van der Waals surface area contributed by atoms with E-state index in [1.807, 2.05) is 6.92 Å². The van der Waals surface area contributed by atoms with Crippen molar-refractivity contribution in [3.05, 3.63) is 0 Å². The van der Waals surface area contributed by atoms with E-state index in [4.69, 9.17) is 0 Å². The molecule has 0 aromatic rings.